The molecule has 53 heavy (non-hydrogen) atoms. The molecule has 5 aromatic rings. The SMILES string of the molecule is CCc1c(CC)c2cc3nc(cc4[n-]c(cc5nc(cc1[n-]2)C(C)=C5CCC(=O)OC)c1c4-c2cccc4cccc-1c24)C(CCC(=O)OC)=C3C.[Ni+2]. The van der Waals surface area contributed by atoms with Crippen LogP contribution in [0.15, 0.2) is 60.7 Å². The van der Waals surface area contributed by atoms with Crippen molar-refractivity contribution in [1.82, 2.24) is 19.9 Å². The first-order valence-corrected chi connectivity index (χ1v) is 18.0. The summed E-state index contributed by atoms with van der Waals surface area (Å²) in [6.07, 6.45) is 3.09. The number of benzene rings is 2. The minimum atomic E-state index is -0.264. The Labute approximate surface area is 318 Å². The molecule has 1 aliphatic carbocycles. The van der Waals surface area contributed by atoms with Crippen LogP contribution in [0, 0.1) is 0 Å². The molecule has 0 fully saturated rings. The maximum Gasteiger partial charge on any atom is 2.00 e. The van der Waals surface area contributed by atoms with Crippen molar-refractivity contribution in [3.8, 4) is 22.3 Å². The number of methoxy groups -OCH3 is 2. The molecule has 0 saturated heterocycles. The molecule has 0 amide bonds. The van der Waals surface area contributed by atoms with Gasteiger partial charge in [-0.2, -0.15) is 0 Å². The van der Waals surface area contributed by atoms with Crippen molar-refractivity contribution in [3.05, 3.63) is 94.6 Å². The number of carbonyl (C=O) groups excluding carboxylic acids is 2. The van der Waals surface area contributed by atoms with Crippen molar-refractivity contribution in [2.75, 3.05) is 14.2 Å². The Kier molecular flexibility index (Phi) is 9.73. The predicted molar refractivity (Wildman–Crippen MR) is 207 cm³/mol. The smallest absolute Gasteiger partial charge is 0.657 e. The van der Waals surface area contributed by atoms with Gasteiger partial charge in [-0.3, -0.25) is 9.59 Å². The van der Waals surface area contributed by atoms with Crippen LogP contribution in [0.5, 0.6) is 0 Å². The van der Waals surface area contributed by atoms with Crippen LogP contribution in [0.3, 0.4) is 0 Å². The van der Waals surface area contributed by atoms with Crippen LogP contribution in [-0.4, -0.2) is 36.1 Å². The van der Waals surface area contributed by atoms with Crippen LogP contribution in [0.4, 0.5) is 0 Å². The Morgan fingerprint density at radius 3 is 1.45 bits per heavy atom. The van der Waals surface area contributed by atoms with Crippen molar-refractivity contribution in [3.63, 3.8) is 0 Å². The first-order valence-electron chi connectivity index (χ1n) is 18.0. The van der Waals surface area contributed by atoms with Gasteiger partial charge in [0.05, 0.1) is 37.0 Å². The Bertz CT molecular complexity index is 2420. The average Bonchev–Trinajstić information content (AvgIpc) is 3.92. The molecule has 5 heterocycles. The molecule has 0 unspecified atom stereocenters. The van der Waals surface area contributed by atoms with Gasteiger partial charge in [-0.25, -0.2) is 9.97 Å². The molecule has 2 aromatic carbocycles. The van der Waals surface area contributed by atoms with Gasteiger partial charge in [0.15, 0.2) is 0 Å². The Hall–Kier alpha value is -5.27. The summed E-state index contributed by atoms with van der Waals surface area (Å²) < 4.78 is 10.1. The topological polar surface area (TPSA) is 107 Å². The van der Waals surface area contributed by atoms with Crippen LogP contribution in [0.1, 0.15) is 87.3 Å². The zero-order valence-corrected chi connectivity index (χ0v) is 31.7. The second-order valence-corrected chi connectivity index (χ2v) is 13.6. The molecule has 3 aliphatic rings. The third-order valence-corrected chi connectivity index (χ3v) is 10.9. The summed E-state index contributed by atoms with van der Waals surface area (Å²) in [5, 5.41) is 2.37. The summed E-state index contributed by atoms with van der Waals surface area (Å²) in [7, 11) is 2.84. The average molecular weight is 748 g/mol. The van der Waals surface area contributed by atoms with Crippen LogP contribution >= 0.6 is 0 Å². The summed E-state index contributed by atoms with van der Waals surface area (Å²) in [5.74, 6) is -0.527. The normalized spacial score (nSPS) is 13.0. The van der Waals surface area contributed by atoms with E-state index >= 15 is 0 Å². The van der Waals surface area contributed by atoms with Crippen LogP contribution in [0.25, 0.3) is 77.4 Å². The van der Waals surface area contributed by atoms with E-state index in [2.05, 4.69) is 88.4 Å². The molecule has 2 aliphatic heterocycles. The summed E-state index contributed by atoms with van der Waals surface area (Å²) in [6.45, 7) is 8.47. The fraction of sp³-hybridized carbons (Fsp3) is 0.273. The largest absolute Gasteiger partial charge is 2.00 e. The summed E-state index contributed by atoms with van der Waals surface area (Å²) in [5.41, 5.74) is 17.4. The van der Waals surface area contributed by atoms with E-state index in [1.807, 2.05) is 0 Å². The van der Waals surface area contributed by atoms with Gasteiger partial charge in [-0.05, 0) is 94.8 Å². The van der Waals surface area contributed by atoms with Crippen LogP contribution in [-0.2, 0) is 48.4 Å². The molecular formula is C44H40N4NiO4. The standard InChI is InChI=1S/C44H40N4O4.Ni/c1-7-26-27(8-2)35-20-33-24(4)29(16-18-41(50)52-6)37(46-33)22-39-44-31-14-10-12-25-11-9-13-30(42(25)31)43(44)38(48-39)21-36-28(15-17-40(49)51-5)23(3)32(45-36)19-34(26)47-35;/h9-14,19-22H,7-8,15-18H2,1-6H3;/q-2;+2. The third-order valence-electron chi connectivity index (χ3n) is 10.9. The summed E-state index contributed by atoms with van der Waals surface area (Å²) in [6, 6.07) is 21.2. The van der Waals surface area contributed by atoms with Crippen molar-refractivity contribution in [2.24, 2.45) is 0 Å². The number of allylic oxidation sites excluding steroid dienone is 4. The second-order valence-electron chi connectivity index (χ2n) is 13.6. The Balaban J connectivity index is 0.00000435. The van der Waals surface area contributed by atoms with E-state index in [0.29, 0.717) is 12.8 Å². The molecule has 0 radical (unpaired) electrons. The van der Waals surface area contributed by atoms with Gasteiger partial charge in [0, 0.05) is 12.8 Å². The first-order chi connectivity index (χ1) is 25.2. The molecule has 0 N–H and O–H groups in total. The Morgan fingerprint density at radius 1 is 0.623 bits per heavy atom. The van der Waals surface area contributed by atoms with E-state index in [9.17, 15) is 9.59 Å². The van der Waals surface area contributed by atoms with Crippen LogP contribution in [0.2, 0.25) is 0 Å². The van der Waals surface area contributed by atoms with E-state index in [0.717, 1.165) is 102 Å². The van der Waals surface area contributed by atoms with Gasteiger partial charge in [-0.15, -0.1) is 22.1 Å². The molecule has 0 atom stereocenters. The van der Waals surface area contributed by atoms with Gasteiger partial charge >= 0.3 is 28.4 Å². The predicted octanol–water partition coefficient (Wildman–Crippen LogP) is 9.26. The molecule has 9 heteroatoms. The van der Waals surface area contributed by atoms with Crippen LogP contribution < -0.4 is 9.97 Å². The number of fused-ring (bicyclic) bond motifs is 13. The number of ether oxygens (including phenoxy) is 2. The molecule has 270 valence electrons. The number of aromatic nitrogens is 4. The Morgan fingerprint density at radius 2 is 1.04 bits per heavy atom. The van der Waals surface area contributed by atoms with E-state index < -0.39 is 0 Å². The van der Waals surface area contributed by atoms with Gasteiger partial charge < -0.3 is 19.4 Å². The number of rotatable bonds is 8. The minimum Gasteiger partial charge on any atom is -0.657 e. The maximum atomic E-state index is 12.4. The quantitative estimate of drug-likeness (QED) is 0.112. The van der Waals surface area contributed by atoms with Gasteiger partial charge in [0.1, 0.15) is 0 Å². The third kappa shape index (κ3) is 6.01. The molecule has 0 saturated carbocycles. The molecule has 3 aromatic heterocycles. The van der Waals surface area contributed by atoms with Gasteiger partial charge in [0.25, 0.3) is 0 Å². The number of hydrogen-bond donors (Lipinski definition) is 0. The van der Waals surface area contributed by atoms with E-state index in [-0.39, 0.29) is 41.3 Å². The van der Waals surface area contributed by atoms with E-state index in [1.165, 1.54) is 36.1 Å². The molecular weight excluding hydrogens is 707 g/mol. The number of nitrogens with zero attached hydrogens (tertiary/aromatic N) is 4. The number of esters is 2. The van der Waals surface area contributed by atoms with Crippen molar-refractivity contribution in [1.29, 1.82) is 0 Å². The number of hydrogen-bond acceptors (Lipinski definition) is 6. The minimum absolute atomic E-state index is 0. The van der Waals surface area contributed by atoms with Gasteiger partial charge in [-0.1, -0.05) is 85.6 Å². The van der Waals surface area contributed by atoms with E-state index in [1.54, 1.807) is 0 Å². The van der Waals surface area contributed by atoms with Crippen molar-refractivity contribution in [2.45, 2.75) is 66.2 Å². The molecule has 0 spiro atoms. The second kappa shape index (κ2) is 14.3. The zero-order valence-electron chi connectivity index (χ0n) is 30.8. The number of carbonyl (C=O) groups is 2. The fourth-order valence-electron chi connectivity index (χ4n) is 8.19. The molecule has 8 rings (SSSR count). The summed E-state index contributed by atoms with van der Waals surface area (Å²) in [4.78, 5) is 45.8. The monoisotopic (exact) mass is 746 g/mol. The zero-order chi connectivity index (χ0) is 36.3. The van der Waals surface area contributed by atoms with Gasteiger partial charge in [0.2, 0.25) is 0 Å². The molecule has 8 nitrogen and oxygen atoms in total. The van der Waals surface area contributed by atoms with E-state index in [4.69, 9.17) is 29.4 Å². The maximum absolute atomic E-state index is 12.4. The van der Waals surface area contributed by atoms with Crippen molar-refractivity contribution < 1.29 is 35.6 Å². The first kappa shape index (κ1) is 36.1. The molecule has 8 bridgehead atoms. The fourth-order valence-corrected chi connectivity index (χ4v) is 8.19. The number of aryl methyl sites for hydroxylation is 2. The van der Waals surface area contributed by atoms with Crippen molar-refractivity contribution >= 4 is 67.1 Å². The summed E-state index contributed by atoms with van der Waals surface area (Å²) >= 11 is 0.